The zero-order chi connectivity index (χ0) is 22.1. The minimum atomic E-state index is -0.0466. The summed E-state index contributed by atoms with van der Waals surface area (Å²) in [7, 11) is 1.68. The number of benzene rings is 2. The highest BCUT2D eigenvalue weighted by molar-refractivity contribution is 8.14. The fraction of sp³-hybridized carbons (Fsp3) is 0.304. The predicted molar refractivity (Wildman–Crippen MR) is 127 cm³/mol. The van der Waals surface area contributed by atoms with Crippen molar-refractivity contribution in [3.8, 4) is 5.75 Å². The number of methoxy groups -OCH3 is 1. The second-order valence-electron chi connectivity index (χ2n) is 8.04. The van der Waals surface area contributed by atoms with E-state index >= 15 is 0 Å². The molecule has 3 heterocycles. The first-order chi connectivity index (χ1) is 15.6. The van der Waals surface area contributed by atoms with Crippen molar-refractivity contribution in [2.45, 2.75) is 31.6 Å². The Labute approximate surface area is 191 Å². The number of carbonyl (C=O) groups is 1. The first-order valence-corrected chi connectivity index (χ1v) is 11.6. The van der Waals surface area contributed by atoms with E-state index < -0.39 is 0 Å². The molecule has 0 bridgehead atoms. The van der Waals surface area contributed by atoms with Crippen LogP contribution >= 0.6 is 11.8 Å². The average molecular weight is 451 g/mol. The minimum absolute atomic E-state index is 0.0263. The maximum Gasteiger partial charge on any atom is 0.234 e. The molecule has 3 aliphatic rings. The molecule has 0 saturated carbocycles. The van der Waals surface area contributed by atoms with Crippen LogP contribution in [0.2, 0.25) is 0 Å². The fourth-order valence-corrected chi connectivity index (χ4v) is 4.94. The van der Waals surface area contributed by atoms with Crippen LogP contribution in [-0.2, 0) is 4.79 Å². The monoisotopic (exact) mass is 450 g/mol. The van der Waals surface area contributed by atoms with Crippen LogP contribution in [0.5, 0.6) is 5.75 Å². The second-order valence-corrected chi connectivity index (χ2v) is 8.98. The van der Waals surface area contributed by atoms with E-state index in [1.54, 1.807) is 7.11 Å². The molecule has 0 aromatic heterocycles. The highest BCUT2D eigenvalue weighted by Crippen LogP contribution is 2.35. The summed E-state index contributed by atoms with van der Waals surface area (Å²) in [6, 6.07) is 16.4. The first-order valence-electron chi connectivity index (χ1n) is 10.6. The van der Waals surface area contributed by atoms with Gasteiger partial charge >= 0.3 is 0 Å². The van der Waals surface area contributed by atoms with Crippen molar-refractivity contribution in [1.29, 1.82) is 0 Å². The molecule has 3 atom stereocenters. The number of anilines is 1. The standard InChI is InChI=1S/C23H26N6O2S/c1-15-3-7-17(8-4-15)24-21(30)14-32-23-26-25-22-20-13-19(27-29(20)12-11-28(22)23)16-5-9-18(31-2)10-6-16/h3-12,19-20,22,25,27H,13-14H2,1-2H3,(H,24,30). The Hall–Kier alpha value is -3.17. The highest BCUT2D eigenvalue weighted by Gasteiger charge is 2.44. The highest BCUT2D eigenvalue weighted by atomic mass is 32.2. The number of aryl methyl sites for hydroxylation is 1. The number of hydrazone groups is 1. The van der Waals surface area contributed by atoms with Gasteiger partial charge in [-0.25, -0.2) is 5.43 Å². The lowest BCUT2D eigenvalue weighted by Crippen LogP contribution is -2.54. The Morgan fingerprint density at radius 1 is 1.19 bits per heavy atom. The quantitative estimate of drug-likeness (QED) is 0.646. The zero-order valence-electron chi connectivity index (χ0n) is 18.0. The Bertz CT molecular complexity index is 1040. The molecule has 3 aliphatic heterocycles. The number of hydrogen-bond donors (Lipinski definition) is 3. The zero-order valence-corrected chi connectivity index (χ0v) is 18.8. The molecular weight excluding hydrogens is 424 g/mol. The topological polar surface area (TPSA) is 81.2 Å². The molecule has 3 N–H and O–H groups in total. The van der Waals surface area contributed by atoms with Crippen LogP contribution in [0.3, 0.4) is 0 Å². The first kappa shape index (κ1) is 20.7. The summed E-state index contributed by atoms with van der Waals surface area (Å²) in [5.74, 6) is 1.11. The summed E-state index contributed by atoms with van der Waals surface area (Å²) in [6.45, 7) is 2.02. The van der Waals surface area contributed by atoms with Gasteiger partial charge in [0, 0.05) is 18.1 Å². The third kappa shape index (κ3) is 4.13. The van der Waals surface area contributed by atoms with Crippen LogP contribution in [-0.4, -0.2) is 46.1 Å². The average Bonchev–Trinajstić information content (AvgIpc) is 3.43. The summed E-state index contributed by atoms with van der Waals surface area (Å²) in [5, 5.41) is 10.4. The van der Waals surface area contributed by atoms with E-state index in [1.165, 1.54) is 17.3 Å². The maximum atomic E-state index is 12.4. The smallest absolute Gasteiger partial charge is 0.234 e. The van der Waals surface area contributed by atoms with Crippen molar-refractivity contribution in [3.63, 3.8) is 0 Å². The SMILES string of the molecule is COc1ccc(C2CC3C4NN=C(SCC(=O)Nc5ccc(C)cc5)N4C=CN3N2)cc1. The van der Waals surface area contributed by atoms with Crippen molar-refractivity contribution >= 4 is 28.5 Å². The third-order valence-electron chi connectivity index (χ3n) is 5.89. The molecule has 166 valence electrons. The number of rotatable bonds is 5. The summed E-state index contributed by atoms with van der Waals surface area (Å²) < 4.78 is 5.27. The summed E-state index contributed by atoms with van der Waals surface area (Å²) in [6.07, 6.45) is 5.01. The lowest BCUT2D eigenvalue weighted by atomic mass is 10.00. The fourth-order valence-electron chi connectivity index (χ4n) is 4.17. The van der Waals surface area contributed by atoms with Gasteiger partial charge in [0.1, 0.15) is 11.9 Å². The van der Waals surface area contributed by atoms with E-state index in [2.05, 4.69) is 43.3 Å². The maximum absolute atomic E-state index is 12.4. The number of amidine groups is 1. The van der Waals surface area contributed by atoms with Crippen molar-refractivity contribution in [3.05, 3.63) is 72.1 Å². The molecule has 3 unspecified atom stereocenters. The van der Waals surface area contributed by atoms with Gasteiger partial charge in [-0.2, -0.15) is 5.10 Å². The number of nitrogens with one attached hydrogen (secondary N) is 3. The molecule has 2 aromatic rings. The minimum Gasteiger partial charge on any atom is -0.497 e. The van der Waals surface area contributed by atoms with E-state index in [-0.39, 0.29) is 24.2 Å². The molecule has 0 radical (unpaired) electrons. The molecule has 9 heteroatoms. The number of nitrogens with zero attached hydrogens (tertiary/aromatic N) is 3. The van der Waals surface area contributed by atoms with Crippen molar-refractivity contribution in [2.75, 3.05) is 18.2 Å². The van der Waals surface area contributed by atoms with E-state index in [0.29, 0.717) is 5.75 Å². The molecular formula is C23H26N6O2S. The van der Waals surface area contributed by atoms with E-state index in [1.807, 2.05) is 55.7 Å². The molecule has 32 heavy (non-hydrogen) atoms. The molecule has 8 nitrogen and oxygen atoms in total. The summed E-state index contributed by atoms with van der Waals surface area (Å²) >= 11 is 1.43. The van der Waals surface area contributed by atoms with Gasteiger partial charge in [0.2, 0.25) is 5.91 Å². The number of thioether (sulfide) groups is 1. The van der Waals surface area contributed by atoms with E-state index in [0.717, 1.165) is 28.6 Å². The Kier molecular flexibility index (Phi) is 5.67. The molecule has 0 aliphatic carbocycles. The lowest BCUT2D eigenvalue weighted by molar-refractivity contribution is -0.113. The Morgan fingerprint density at radius 3 is 2.72 bits per heavy atom. The molecule has 2 aromatic carbocycles. The predicted octanol–water partition coefficient (Wildman–Crippen LogP) is 2.98. The number of ether oxygens (including phenoxy) is 1. The Balaban J connectivity index is 1.17. The Morgan fingerprint density at radius 2 is 1.97 bits per heavy atom. The van der Waals surface area contributed by atoms with Crippen LogP contribution in [0.25, 0.3) is 0 Å². The third-order valence-corrected chi connectivity index (χ3v) is 6.86. The van der Waals surface area contributed by atoms with Gasteiger partial charge < -0.3 is 20.0 Å². The van der Waals surface area contributed by atoms with Crippen molar-refractivity contribution < 1.29 is 9.53 Å². The van der Waals surface area contributed by atoms with E-state index in [4.69, 9.17) is 4.74 Å². The lowest BCUT2D eigenvalue weighted by Gasteiger charge is -2.36. The second kappa shape index (κ2) is 8.76. The van der Waals surface area contributed by atoms with Crippen LogP contribution < -0.4 is 20.9 Å². The molecule has 1 amide bonds. The van der Waals surface area contributed by atoms with Gasteiger partial charge in [-0.15, -0.1) is 0 Å². The van der Waals surface area contributed by atoms with Gasteiger partial charge in [0.05, 0.1) is 24.9 Å². The van der Waals surface area contributed by atoms with Crippen molar-refractivity contribution in [2.24, 2.45) is 5.10 Å². The molecule has 5 rings (SSSR count). The normalized spacial score (nSPS) is 23.3. The van der Waals surface area contributed by atoms with Crippen LogP contribution in [0.4, 0.5) is 5.69 Å². The number of amides is 1. The van der Waals surface area contributed by atoms with Crippen LogP contribution in [0.1, 0.15) is 23.6 Å². The van der Waals surface area contributed by atoms with Gasteiger partial charge in [-0.05, 0) is 43.2 Å². The molecule has 1 saturated heterocycles. The van der Waals surface area contributed by atoms with Gasteiger partial charge in [-0.1, -0.05) is 41.6 Å². The van der Waals surface area contributed by atoms with Gasteiger partial charge in [0.15, 0.2) is 5.17 Å². The number of hydrazine groups is 1. The van der Waals surface area contributed by atoms with Gasteiger partial charge in [-0.3, -0.25) is 10.2 Å². The van der Waals surface area contributed by atoms with Crippen LogP contribution in [0, 0.1) is 6.92 Å². The molecule has 0 spiro atoms. The van der Waals surface area contributed by atoms with Gasteiger partial charge in [0.25, 0.3) is 0 Å². The number of carbonyl (C=O) groups excluding carboxylic acids is 1. The van der Waals surface area contributed by atoms with Crippen LogP contribution in [0.15, 0.2) is 66.0 Å². The number of fused-ring (bicyclic) bond motifs is 3. The number of hydrogen-bond acceptors (Lipinski definition) is 8. The summed E-state index contributed by atoms with van der Waals surface area (Å²) in [4.78, 5) is 14.5. The van der Waals surface area contributed by atoms with E-state index in [9.17, 15) is 4.79 Å². The van der Waals surface area contributed by atoms with Crippen molar-refractivity contribution in [1.82, 2.24) is 20.8 Å². The largest absolute Gasteiger partial charge is 0.497 e. The molecule has 1 fully saturated rings. The summed E-state index contributed by atoms with van der Waals surface area (Å²) in [5.41, 5.74) is 10.0.